The molecule has 1 heterocycles. The highest BCUT2D eigenvalue weighted by Gasteiger charge is 2.14. The third-order valence-corrected chi connectivity index (χ3v) is 2.95. The molecule has 0 spiro atoms. The fourth-order valence-corrected chi connectivity index (χ4v) is 2.07. The second-order valence-corrected chi connectivity index (χ2v) is 4.94. The molecule has 0 saturated heterocycles. The van der Waals surface area contributed by atoms with Crippen molar-refractivity contribution in [2.75, 3.05) is 0 Å². The average Bonchev–Trinajstić information content (AvgIpc) is 2.61. The van der Waals surface area contributed by atoms with Gasteiger partial charge in [-0.15, -0.1) is 0 Å². The van der Waals surface area contributed by atoms with Crippen molar-refractivity contribution < 1.29 is 4.42 Å². The van der Waals surface area contributed by atoms with Crippen molar-refractivity contribution in [1.82, 2.24) is 0 Å². The summed E-state index contributed by atoms with van der Waals surface area (Å²) in [6.45, 7) is 4.30. The number of nitrogens with two attached hydrogens (primary N) is 1. The molecule has 0 aliphatic carbocycles. The number of hydrogen-bond donors (Lipinski definition) is 1. The highest BCUT2D eigenvalue weighted by molar-refractivity contribution is 6.35. The van der Waals surface area contributed by atoms with Gasteiger partial charge in [0.1, 0.15) is 11.3 Å². The topological polar surface area (TPSA) is 39.2 Å². The van der Waals surface area contributed by atoms with Gasteiger partial charge >= 0.3 is 0 Å². The molecule has 2 N–H and O–H groups in total. The van der Waals surface area contributed by atoms with Gasteiger partial charge in [0.05, 0.1) is 11.1 Å². The van der Waals surface area contributed by atoms with Crippen LogP contribution < -0.4 is 5.73 Å². The van der Waals surface area contributed by atoms with Gasteiger partial charge in [-0.2, -0.15) is 0 Å². The molecule has 1 aromatic carbocycles. The Kier molecular flexibility index (Phi) is 3.22. The summed E-state index contributed by atoms with van der Waals surface area (Å²) < 4.78 is 5.70. The molecule has 0 aliphatic rings. The minimum Gasteiger partial charge on any atom is -0.459 e. The summed E-state index contributed by atoms with van der Waals surface area (Å²) in [6.07, 6.45) is 0.914. The summed E-state index contributed by atoms with van der Waals surface area (Å²) in [5.41, 5.74) is 6.88. The summed E-state index contributed by atoms with van der Waals surface area (Å²) in [6, 6.07) is 7.55. The van der Waals surface area contributed by atoms with Gasteiger partial charge in [-0.3, -0.25) is 0 Å². The SMILES string of the molecule is CC(C)C[C@H](N)c1cc2c(Cl)cccc2o1. The van der Waals surface area contributed by atoms with Gasteiger partial charge in [0.2, 0.25) is 0 Å². The molecule has 1 aromatic heterocycles. The zero-order valence-corrected chi connectivity index (χ0v) is 10.3. The van der Waals surface area contributed by atoms with Crippen molar-refractivity contribution in [3.63, 3.8) is 0 Å². The molecule has 86 valence electrons. The molecule has 2 nitrogen and oxygen atoms in total. The molecule has 0 fully saturated rings. The molecule has 2 aromatic rings. The van der Waals surface area contributed by atoms with Crippen molar-refractivity contribution in [1.29, 1.82) is 0 Å². The second-order valence-electron chi connectivity index (χ2n) is 4.54. The van der Waals surface area contributed by atoms with E-state index in [2.05, 4.69) is 13.8 Å². The largest absolute Gasteiger partial charge is 0.459 e. The summed E-state index contributed by atoms with van der Waals surface area (Å²) in [7, 11) is 0. The van der Waals surface area contributed by atoms with Gasteiger partial charge < -0.3 is 10.2 Å². The molecule has 0 amide bonds. The molecule has 0 bridgehead atoms. The Morgan fingerprint density at radius 2 is 2.12 bits per heavy atom. The first-order chi connectivity index (χ1) is 7.58. The van der Waals surface area contributed by atoms with Crippen LogP contribution in [-0.2, 0) is 0 Å². The summed E-state index contributed by atoms with van der Waals surface area (Å²) in [5, 5.41) is 1.66. The van der Waals surface area contributed by atoms with E-state index in [1.807, 2.05) is 24.3 Å². The van der Waals surface area contributed by atoms with Crippen LogP contribution in [0.1, 0.15) is 32.1 Å². The van der Waals surface area contributed by atoms with Crippen LogP contribution in [-0.4, -0.2) is 0 Å². The van der Waals surface area contributed by atoms with Crippen LogP contribution in [0.15, 0.2) is 28.7 Å². The van der Waals surface area contributed by atoms with Gasteiger partial charge in [0, 0.05) is 5.39 Å². The number of benzene rings is 1. The Labute approximate surface area is 100 Å². The van der Waals surface area contributed by atoms with Crippen LogP contribution >= 0.6 is 11.6 Å². The van der Waals surface area contributed by atoms with E-state index < -0.39 is 0 Å². The van der Waals surface area contributed by atoms with Crippen LogP contribution in [0.25, 0.3) is 11.0 Å². The monoisotopic (exact) mass is 237 g/mol. The molecule has 0 unspecified atom stereocenters. The van der Waals surface area contributed by atoms with Gasteiger partial charge in [-0.1, -0.05) is 31.5 Å². The van der Waals surface area contributed by atoms with Crippen LogP contribution in [0, 0.1) is 5.92 Å². The Morgan fingerprint density at radius 3 is 2.75 bits per heavy atom. The zero-order chi connectivity index (χ0) is 11.7. The van der Waals surface area contributed by atoms with Gasteiger partial charge in [0.25, 0.3) is 0 Å². The number of furan rings is 1. The lowest BCUT2D eigenvalue weighted by Crippen LogP contribution is -2.11. The number of fused-ring (bicyclic) bond motifs is 1. The smallest absolute Gasteiger partial charge is 0.135 e. The first kappa shape index (κ1) is 11.5. The minimum absolute atomic E-state index is 0.0523. The van der Waals surface area contributed by atoms with Crippen LogP contribution in [0.3, 0.4) is 0 Å². The van der Waals surface area contributed by atoms with Crippen LogP contribution in [0.4, 0.5) is 0 Å². The Bertz CT molecular complexity index is 490. The van der Waals surface area contributed by atoms with Crippen molar-refractivity contribution in [3.05, 3.63) is 35.0 Å². The number of rotatable bonds is 3. The summed E-state index contributed by atoms with van der Waals surface area (Å²) in [5.74, 6) is 1.37. The van der Waals surface area contributed by atoms with Crippen molar-refractivity contribution >= 4 is 22.6 Å². The first-order valence-electron chi connectivity index (χ1n) is 5.51. The average molecular weight is 238 g/mol. The summed E-state index contributed by atoms with van der Waals surface area (Å²) in [4.78, 5) is 0. The van der Waals surface area contributed by atoms with Gasteiger partial charge in [0.15, 0.2) is 0 Å². The van der Waals surface area contributed by atoms with E-state index in [0.717, 1.165) is 23.2 Å². The predicted molar refractivity (Wildman–Crippen MR) is 67.6 cm³/mol. The lowest BCUT2D eigenvalue weighted by molar-refractivity contribution is 0.431. The van der Waals surface area contributed by atoms with Crippen molar-refractivity contribution in [3.8, 4) is 0 Å². The van der Waals surface area contributed by atoms with Crippen LogP contribution in [0.2, 0.25) is 5.02 Å². The molecular weight excluding hydrogens is 222 g/mol. The summed E-state index contributed by atoms with van der Waals surface area (Å²) >= 11 is 6.08. The molecule has 0 radical (unpaired) electrons. The molecule has 16 heavy (non-hydrogen) atoms. The maximum absolute atomic E-state index is 6.08. The van der Waals surface area contributed by atoms with E-state index in [-0.39, 0.29) is 6.04 Å². The highest BCUT2D eigenvalue weighted by atomic mass is 35.5. The van der Waals surface area contributed by atoms with E-state index in [4.69, 9.17) is 21.8 Å². The Morgan fingerprint density at radius 1 is 1.38 bits per heavy atom. The third kappa shape index (κ3) is 2.23. The van der Waals surface area contributed by atoms with E-state index in [1.165, 1.54) is 0 Å². The first-order valence-corrected chi connectivity index (χ1v) is 5.89. The maximum atomic E-state index is 6.08. The fourth-order valence-electron chi connectivity index (χ4n) is 1.85. The zero-order valence-electron chi connectivity index (χ0n) is 9.53. The quantitative estimate of drug-likeness (QED) is 0.872. The molecule has 1 atom stereocenters. The Balaban J connectivity index is 2.36. The van der Waals surface area contributed by atoms with Crippen molar-refractivity contribution in [2.45, 2.75) is 26.3 Å². The molecule has 3 heteroatoms. The Hall–Kier alpha value is -0.990. The normalized spacial score (nSPS) is 13.6. The van der Waals surface area contributed by atoms with Gasteiger partial charge in [-0.25, -0.2) is 0 Å². The molecular formula is C13H16ClNO. The van der Waals surface area contributed by atoms with Crippen molar-refractivity contribution in [2.24, 2.45) is 11.7 Å². The van der Waals surface area contributed by atoms with E-state index >= 15 is 0 Å². The lowest BCUT2D eigenvalue weighted by atomic mass is 10.0. The number of halogens is 1. The molecule has 0 saturated carbocycles. The highest BCUT2D eigenvalue weighted by Crippen LogP contribution is 2.30. The van der Waals surface area contributed by atoms with Gasteiger partial charge in [-0.05, 0) is 30.5 Å². The van der Waals surface area contributed by atoms with E-state index in [9.17, 15) is 0 Å². The second kappa shape index (κ2) is 4.48. The minimum atomic E-state index is -0.0523. The standard InChI is InChI=1S/C13H16ClNO/c1-8(2)6-11(15)13-7-9-10(14)4-3-5-12(9)16-13/h3-5,7-8,11H,6,15H2,1-2H3/t11-/m0/s1. The van der Waals surface area contributed by atoms with E-state index in [1.54, 1.807) is 0 Å². The fraction of sp³-hybridized carbons (Fsp3) is 0.385. The maximum Gasteiger partial charge on any atom is 0.135 e. The van der Waals surface area contributed by atoms with Crippen LogP contribution in [0.5, 0.6) is 0 Å². The lowest BCUT2D eigenvalue weighted by Gasteiger charge is -2.10. The van der Waals surface area contributed by atoms with E-state index in [0.29, 0.717) is 10.9 Å². The third-order valence-electron chi connectivity index (χ3n) is 2.62. The molecule has 2 rings (SSSR count). The number of hydrogen-bond acceptors (Lipinski definition) is 2. The predicted octanol–water partition coefficient (Wildman–Crippen LogP) is 4.13. The molecule has 0 aliphatic heterocycles.